The average molecular weight is 547 g/mol. The first-order chi connectivity index (χ1) is 17.5. The largest absolute Gasteiger partial charge is 0.459 e. The third kappa shape index (κ3) is 27.6. The van der Waals surface area contributed by atoms with E-state index in [0.717, 1.165) is 45.3 Å². The van der Waals surface area contributed by atoms with Crippen molar-refractivity contribution in [1.82, 2.24) is 20.0 Å². The Morgan fingerprint density at radius 1 is 0.658 bits per heavy atom. The summed E-state index contributed by atoms with van der Waals surface area (Å²) in [6, 6.07) is 0. The number of methoxy groups -OCH3 is 2. The second-order valence-corrected chi connectivity index (χ2v) is 12.2. The highest BCUT2D eigenvalue weighted by molar-refractivity contribution is 5.72. The van der Waals surface area contributed by atoms with Gasteiger partial charge < -0.3 is 29.1 Å². The zero-order valence-electron chi connectivity index (χ0n) is 26.2. The van der Waals surface area contributed by atoms with Gasteiger partial charge in [-0.2, -0.15) is 0 Å². The minimum absolute atomic E-state index is 0.0417. The van der Waals surface area contributed by atoms with E-state index in [-0.39, 0.29) is 23.7 Å². The zero-order valence-corrected chi connectivity index (χ0v) is 26.2. The van der Waals surface area contributed by atoms with Crippen molar-refractivity contribution in [3.63, 3.8) is 0 Å². The molecule has 38 heavy (non-hydrogen) atoms. The van der Waals surface area contributed by atoms with Crippen LogP contribution in [0, 0.1) is 0 Å². The lowest BCUT2D eigenvalue weighted by Gasteiger charge is -2.30. The molecule has 0 unspecified atom stereocenters. The zero-order chi connectivity index (χ0) is 29.8. The normalized spacial score (nSPS) is 17.4. The Kier molecular flexibility index (Phi) is 20.9. The summed E-state index contributed by atoms with van der Waals surface area (Å²) in [5.74, 6) is -0.233. The van der Waals surface area contributed by atoms with Crippen LogP contribution in [-0.2, 0) is 28.6 Å². The number of esters is 1. The second kappa shape index (κ2) is 20.5. The van der Waals surface area contributed by atoms with Crippen LogP contribution in [0.1, 0.15) is 62.3 Å². The molecule has 0 saturated carbocycles. The van der Waals surface area contributed by atoms with Crippen LogP contribution in [0.4, 0.5) is 0 Å². The van der Waals surface area contributed by atoms with Gasteiger partial charge in [-0.15, -0.1) is 0 Å². The summed E-state index contributed by atoms with van der Waals surface area (Å²) in [5.41, 5.74) is -0.409. The molecule has 10 heteroatoms. The molecule has 1 fully saturated rings. The molecule has 1 N–H and O–H groups in total. The van der Waals surface area contributed by atoms with Crippen molar-refractivity contribution >= 4 is 18.5 Å². The minimum atomic E-state index is -0.493. The highest BCUT2D eigenvalue weighted by atomic mass is 16.6. The number of carbonyl (C=O) groups excluding carboxylic acids is 3. The molecule has 0 radical (unpaired) electrons. The van der Waals surface area contributed by atoms with E-state index < -0.39 is 5.60 Å². The van der Waals surface area contributed by atoms with Crippen LogP contribution in [0.2, 0.25) is 0 Å². The van der Waals surface area contributed by atoms with E-state index >= 15 is 0 Å². The summed E-state index contributed by atoms with van der Waals surface area (Å²) in [7, 11) is 3.42. The van der Waals surface area contributed by atoms with Gasteiger partial charge in [0.15, 0.2) is 0 Å². The minimum Gasteiger partial charge on any atom is -0.459 e. The first-order valence-electron chi connectivity index (χ1n) is 13.5. The fourth-order valence-corrected chi connectivity index (χ4v) is 2.79. The number of aldehydes is 2. The molecular formula is C28H58N4O6. The molecule has 10 nitrogen and oxygen atoms in total. The van der Waals surface area contributed by atoms with Gasteiger partial charge in [-0.25, -0.2) is 0 Å². The van der Waals surface area contributed by atoms with Gasteiger partial charge in [0.05, 0.1) is 30.8 Å². The molecule has 1 rings (SSSR count). The van der Waals surface area contributed by atoms with Crippen LogP contribution in [-0.4, -0.2) is 136 Å². The fourth-order valence-electron chi connectivity index (χ4n) is 2.79. The molecule has 0 aliphatic carbocycles. The average Bonchev–Trinajstić information content (AvgIpc) is 2.77. The quantitative estimate of drug-likeness (QED) is 0.394. The molecule has 0 amide bonds. The molecule has 1 saturated heterocycles. The molecule has 0 atom stereocenters. The number of carbonyl (C=O) groups is 3. The van der Waals surface area contributed by atoms with E-state index in [2.05, 4.69) is 20.0 Å². The standard InChI is InChI=1S/C18H34N4O4.2C5H12O/c1-18(2,3)26-17(25)16-22-7-5-19-4-6-20(12-14-23)8-9-21(10-11-22)13-15-24;2*1-5(2,3)6-4/h14-15,19H,4-13,16H2,1-3H3;2*1-4H3. The van der Waals surface area contributed by atoms with E-state index in [4.69, 9.17) is 14.2 Å². The van der Waals surface area contributed by atoms with Gasteiger partial charge in [-0.3, -0.25) is 19.5 Å². The van der Waals surface area contributed by atoms with Gasteiger partial charge in [0, 0.05) is 66.6 Å². The first kappa shape index (κ1) is 38.7. The Bertz CT molecular complexity index is 612. The summed E-state index contributed by atoms with van der Waals surface area (Å²) in [6.45, 7) is 24.6. The highest BCUT2D eigenvalue weighted by Crippen LogP contribution is 2.08. The topological polar surface area (TPSA) is 101 Å². The molecule has 1 aliphatic rings. The lowest BCUT2D eigenvalue weighted by Crippen LogP contribution is -2.47. The Morgan fingerprint density at radius 2 is 1.00 bits per heavy atom. The predicted octanol–water partition coefficient (Wildman–Crippen LogP) is 2.10. The second-order valence-electron chi connectivity index (χ2n) is 12.2. The van der Waals surface area contributed by atoms with Crippen molar-refractivity contribution in [3.05, 3.63) is 0 Å². The molecule has 0 aromatic rings. The lowest BCUT2D eigenvalue weighted by atomic mass is 10.2. The van der Waals surface area contributed by atoms with Gasteiger partial charge in [-0.1, -0.05) is 0 Å². The maximum Gasteiger partial charge on any atom is 0.320 e. The predicted molar refractivity (Wildman–Crippen MR) is 154 cm³/mol. The maximum atomic E-state index is 12.1. The van der Waals surface area contributed by atoms with Gasteiger partial charge in [-0.05, 0) is 62.3 Å². The SMILES string of the molecule is CC(C)(C)OC(=O)CN1CCNCCN(CC=O)CCN(CC=O)CC1.COC(C)(C)C.COC(C)(C)C. The molecule has 0 aromatic carbocycles. The highest BCUT2D eigenvalue weighted by Gasteiger charge is 2.20. The summed E-state index contributed by atoms with van der Waals surface area (Å²) in [5, 5.41) is 3.36. The van der Waals surface area contributed by atoms with Crippen molar-refractivity contribution in [3.8, 4) is 0 Å². The van der Waals surface area contributed by atoms with Crippen LogP contribution >= 0.6 is 0 Å². The molecule has 0 spiro atoms. The van der Waals surface area contributed by atoms with Crippen LogP contribution in [0.3, 0.4) is 0 Å². The number of nitrogens with one attached hydrogen (secondary N) is 1. The number of rotatable bonds is 6. The third-order valence-corrected chi connectivity index (χ3v) is 5.34. The fraction of sp³-hybridized carbons (Fsp3) is 0.893. The van der Waals surface area contributed by atoms with Gasteiger partial charge in [0.2, 0.25) is 0 Å². The van der Waals surface area contributed by atoms with Crippen LogP contribution < -0.4 is 5.32 Å². The number of hydrogen-bond donors (Lipinski definition) is 1. The Labute approximate surface area is 232 Å². The Hall–Kier alpha value is -1.43. The van der Waals surface area contributed by atoms with Crippen LogP contribution in [0.25, 0.3) is 0 Å². The molecule has 226 valence electrons. The molecule has 0 bridgehead atoms. The number of ether oxygens (including phenoxy) is 3. The monoisotopic (exact) mass is 546 g/mol. The summed E-state index contributed by atoms with van der Waals surface area (Å²) >= 11 is 0. The van der Waals surface area contributed by atoms with Crippen LogP contribution in [0.5, 0.6) is 0 Å². The van der Waals surface area contributed by atoms with Gasteiger partial charge in [0.25, 0.3) is 0 Å². The van der Waals surface area contributed by atoms with Crippen molar-refractivity contribution < 1.29 is 28.6 Å². The maximum absolute atomic E-state index is 12.1. The first-order valence-corrected chi connectivity index (χ1v) is 13.5. The molecule has 1 heterocycles. The van der Waals surface area contributed by atoms with E-state index in [1.54, 1.807) is 14.2 Å². The Balaban J connectivity index is 0. The molecule has 1 aliphatic heterocycles. The summed E-state index contributed by atoms with van der Waals surface area (Å²) in [6.07, 6.45) is 1.81. The summed E-state index contributed by atoms with van der Waals surface area (Å²) in [4.78, 5) is 40.1. The van der Waals surface area contributed by atoms with Crippen molar-refractivity contribution in [2.45, 2.75) is 79.1 Å². The number of nitrogens with zero attached hydrogens (tertiary/aromatic N) is 3. The smallest absolute Gasteiger partial charge is 0.320 e. The van der Waals surface area contributed by atoms with E-state index in [9.17, 15) is 14.4 Å². The van der Waals surface area contributed by atoms with E-state index in [0.29, 0.717) is 32.7 Å². The van der Waals surface area contributed by atoms with Crippen LogP contribution in [0.15, 0.2) is 0 Å². The lowest BCUT2D eigenvalue weighted by molar-refractivity contribution is -0.156. The molecular weight excluding hydrogens is 488 g/mol. The molecule has 0 aromatic heterocycles. The van der Waals surface area contributed by atoms with Crippen molar-refractivity contribution in [2.75, 3.05) is 86.2 Å². The number of hydrogen-bond acceptors (Lipinski definition) is 10. The van der Waals surface area contributed by atoms with E-state index in [1.807, 2.05) is 62.3 Å². The Morgan fingerprint density at radius 3 is 1.34 bits per heavy atom. The van der Waals surface area contributed by atoms with Gasteiger partial charge in [0.1, 0.15) is 18.2 Å². The van der Waals surface area contributed by atoms with Crippen molar-refractivity contribution in [2.24, 2.45) is 0 Å². The van der Waals surface area contributed by atoms with Crippen molar-refractivity contribution in [1.29, 1.82) is 0 Å². The van der Waals surface area contributed by atoms with E-state index in [1.165, 1.54) is 0 Å². The van der Waals surface area contributed by atoms with Gasteiger partial charge >= 0.3 is 5.97 Å². The summed E-state index contributed by atoms with van der Waals surface area (Å²) < 4.78 is 15.3. The third-order valence-electron chi connectivity index (χ3n) is 5.34.